The molecule has 0 spiro atoms. The van der Waals surface area contributed by atoms with Crippen LogP contribution in [-0.4, -0.2) is 58.0 Å². The summed E-state index contributed by atoms with van der Waals surface area (Å²) in [6.45, 7) is 6.61. The number of carbonyl (C=O) groups excluding carboxylic acids is 2. The van der Waals surface area contributed by atoms with Gasteiger partial charge < -0.3 is 15.2 Å². The topological polar surface area (TPSA) is 87.5 Å². The molecule has 1 aromatic rings. The van der Waals surface area contributed by atoms with Crippen molar-refractivity contribution in [1.29, 1.82) is 0 Å². The van der Waals surface area contributed by atoms with Crippen LogP contribution in [-0.2, 0) is 9.59 Å². The van der Waals surface area contributed by atoms with Crippen LogP contribution in [0, 0.1) is 6.92 Å². The van der Waals surface area contributed by atoms with Gasteiger partial charge in [0.15, 0.2) is 5.82 Å². The van der Waals surface area contributed by atoms with Crippen LogP contribution in [0.1, 0.15) is 64.1 Å². The number of aryl methyl sites for hydroxylation is 1. The van der Waals surface area contributed by atoms with Crippen LogP contribution >= 0.6 is 11.8 Å². The SMILES string of the molecule is Cc1cc(NC(=O)C(C)SCC(=O)NCC2(N3CCCCC3)CCCCC2)no1. The van der Waals surface area contributed by atoms with Crippen molar-refractivity contribution >= 4 is 29.4 Å². The Morgan fingerprint density at radius 2 is 1.90 bits per heavy atom. The number of likely N-dealkylation sites (tertiary alicyclic amines) is 1. The average molecular weight is 423 g/mol. The molecule has 1 aliphatic carbocycles. The van der Waals surface area contributed by atoms with E-state index in [9.17, 15) is 9.59 Å². The first-order valence-electron chi connectivity index (χ1n) is 10.9. The Balaban J connectivity index is 1.44. The van der Waals surface area contributed by atoms with E-state index in [2.05, 4.69) is 20.7 Å². The van der Waals surface area contributed by atoms with Crippen LogP contribution in [0.15, 0.2) is 10.6 Å². The fourth-order valence-corrected chi connectivity index (χ4v) is 5.14. The fourth-order valence-electron chi connectivity index (χ4n) is 4.43. The van der Waals surface area contributed by atoms with Gasteiger partial charge in [0.25, 0.3) is 0 Å². The number of nitrogens with zero attached hydrogens (tertiary/aromatic N) is 2. The maximum Gasteiger partial charge on any atom is 0.238 e. The molecule has 0 aromatic carbocycles. The average Bonchev–Trinajstić information content (AvgIpc) is 3.16. The lowest BCUT2D eigenvalue weighted by atomic mass is 9.79. The molecule has 7 nitrogen and oxygen atoms in total. The van der Waals surface area contributed by atoms with E-state index in [-0.39, 0.29) is 28.4 Å². The molecule has 2 fully saturated rings. The smallest absolute Gasteiger partial charge is 0.238 e. The minimum atomic E-state index is -0.344. The van der Waals surface area contributed by atoms with Gasteiger partial charge in [0.05, 0.1) is 11.0 Å². The molecule has 1 saturated heterocycles. The zero-order chi connectivity index (χ0) is 20.7. The van der Waals surface area contributed by atoms with Crippen LogP contribution in [0.5, 0.6) is 0 Å². The fraction of sp³-hybridized carbons (Fsp3) is 0.762. The Kier molecular flexibility index (Phi) is 8.00. The minimum Gasteiger partial charge on any atom is -0.360 e. The van der Waals surface area contributed by atoms with Crippen LogP contribution < -0.4 is 10.6 Å². The van der Waals surface area contributed by atoms with Gasteiger partial charge >= 0.3 is 0 Å². The van der Waals surface area contributed by atoms with E-state index >= 15 is 0 Å². The standard InChI is InChI=1S/C21H34N4O3S/c1-16-13-18(24-28-16)23-20(27)17(2)29-14-19(26)22-15-21(9-5-3-6-10-21)25-11-7-4-8-12-25/h13,17H,3-12,14-15H2,1-2H3,(H,22,26)(H,23,24,27). The molecule has 2 aliphatic rings. The third-order valence-corrected chi connectivity index (χ3v) is 7.28. The monoisotopic (exact) mass is 422 g/mol. The number of hydrogen-bond donors (Lipinski definition) is 2. The van der Waals surface area contributed by atoms with Crippen molar-refractivity contribution in [3.05, 3.63) is 11.8 Å². The van der Waals surface area contributed by atoms with Gasteiger partial charge in [0.2, 0.25) is 11.8 Å². The minimum absolute atomic E-state index is 0.00823. The summed E-state index contributed by atoms with van der Waals surface area (Å²) in [5.74, 6) is 1.17. The Labute approximate surface area is 177 Å². The van der Waals surface area contributed by atoms with Gasteiger partial charge in [0, 0.05) is 18.2 Å². The van der Waals surface area contributed by atoms with E-state index in [1.54, 1.807) is 19.9 Å². The summed E-state index contributed by atoms with van der Waals surface area (Å²) in [4.78, 5) is 27.4. The summed E-state index contributed by atoms with van der Waals surface area (Å²) in [7, 11) is 0. The molecule has 0 radical (unpaired) electrons. The Morgan fingerprint density at radius 3 is 2.55 bits per heavy atom. The maximum atomic E-state index is 12.5. The second-order valence-electron chi connectivity index (χ2n) is 8.37. The zero-order valence-electron chi connectivity index (χ0n) is 17.7. The lowest BCUT2D eigenvalue weighted by Crippen LogP contribution is -2.58. The number of hydrogen-bond acceptors (Lipinski definition) is 6. The number of carbonyl (C=O) groups is 2. The van der Waals surface area contributed by atoms with Crippen LogP contribution in [0.3, 0.4) is 0 Å². The summed E-state index contributed by atoms with van der Waals surface area (Å²) >= 11 is 1.34. The summed E-state index contributed by atoms with van der Waals surface area (Å²) in [5, 5.41) is 9.32. The van der Waals surface area contributed by atoms with Gasteiger partial charge in [-0.25, -0.2) is 0 Å². The largest absolute Gasteiger partial charge is 0.360 e. The van der Waals surface area contributed by atoms with Crippen molar-refractivity contribution in [2.24, 2.45) is 0 Å². The molecule has 162 valence electrons. The van der Waals surface area contributed by atoms with Gasteiger partial charge in [-0.1, -0.05) is 30.8 Å². The van der Waals surface area contributed by atoms with Crippen molar-refractivity contribution < 1.29 is 14.1 Å². The van der Waals surface area contributed by atoms with Gasteiger partial charge in [0.1, 0.15) is 5.76 Å². The van der Waals surface area contributed by atoms with Crippen molar-refractivity contribution in [3.63, 3.8) is 0 Å². The van der Waals surface area contributed by atoms with Gasteiger partial charge in [-0.15, -0.1) is 11.8 Å². The van der Waals surface area contributed by atoms with Gasteiger partial charge in [-0.2, -0.15) is 0 Å². The molecule has 1 aliphatic heterocycles. The number of thioether (sulfide) groups is 1. The highest BCUT2D eigenvalue weighted by molar-refractivity contribution is 8.01. The van der Waals surface area contributed by atoms with Crippen molar-refractivity contribution in [2.45, 2.75) is 76.0 Å². The predicted octanol–water partition coefficient (Wildman–Crippen LogP) is 3.35. The molecule has 8 heteroatoms. The number of piperidine rings is 1. The highest BCUT2D eigenvalue weighted by Crippen LogP contribution is 2.35. The number of anilines is 1. The van der Waals surface area contributed by atoms with Gasteiger partial charge in [-0.05, 0) is 52.6 Å². The number of nitrogens with one attached hydrogen (secondary N) is 2. The van der Waals surface area contributed by atoms with E-state index in [0.29, 0.717) is 11.6 Å². The first-order valence-corrected chi connectivity index (χ1v) is 11.9. The van der Waals surface area contributed by atoms with Crippen molar-refractivity contribution in [3.8, 4) is 0 Å². The van der Waals surface area contributed by atoms with Crippen LogP contribution in [0.2, 0.25) is 0 Å². The Bertz CT molecular complexity index is 681. The van der Waals surface area contributed by atoms with Gasteiger partial charge in [-0.3, -0.25) is 14.5 Å². The first kappa shape index (κ1) is 22.2. The normalized spacial score (nSPS) is 20.8. The maximum absolute atomic E-state index is 12.5. The second-order valence-corrected chi connectivity index (χ2v) is 9.70. The van der Waals surface area contributed by atoms with Crippen LogP contribution in [0.4, 0.5) is 5.82 Å². The Morgan fingerprint density at radius 1 is 1.21 bits per heavy atom. The van der Waals surface area contributed by atoms with E-state index in [1.807, 2.05) is 0 Å². The van der Waals surface area contributed by atoms with E-state index in [1.165, 1.54) is 63.1 Å². The molecule has 3 rings (SSSR count). The molecule has 2 N–H and O–H groups in total. The van der Waals surface area contributed by atoms with E-state index in [4.69, 9.17) is 4.52 Å². The first-order chi connectivity index (χ1) is 14.0. The third-order valence-electron chi connectivity index (χ3n) is 6.14. The predicted molar refractivity (Wildman–Crippen MR) is 116 cm³/mol. The Hall–Kier alpha value is -1.54. The highest BCUT2D eigenvalue weighted by Gasteiger charge is 2.38. The molecule has 1 atom stereocenters. The number of aromatic nitrogens is 1. The third kappa shape index (κ3) is 6.22. The molecule has 2 amide bonds. The molecule has 2 heterocycles. The lowest BCUT2D eigenvalue weighted by molar-refractivity contribution is -0.119. The van der Waals surface area contributed by atoms with Crippen LogP contribution in [0.25, 0.3) is 0 Å². The quantitative estimate of drug-likeness (QED) is 0.668. The van der Waals surface area contributed by atoms with E-state index < -0.39 is 0 Å². The van der Waals surface area contributed by atoms with Crippen molar-refractivity contribution in [1.82, 2.24) is 15.4 Å². The summed E-state index contributed by atoms with van der Waals surface area (Å²) in [6.07, 6.45) is 10.0. The zero-order valence-corrected chi connectivity index (χ0v) is 18.5. The van der Waals surface area contributed by atoms with E-state index in [0.717, 1.165) is 19.6 Å². The molecule has 1 saturated carbocycles. The molecule has 1 aromatic heterocycles. The number of rotatable bonds is 8. The molecule has 1 unspecified atom stereocenters. The summed E-state index contributed by atoms with van der Waals surface area (Å²) in [5.41, 5.74) is 0.132. The lowest BCUT2D eigenvalue weighted by Gasteiger charge is -2.48. The molecule has 29 heavy (non-hydrogen) atoms. The van der Waals surface area contributed by atoms with Crippen molar-refractivity contribution in [2.75, 3.05) is 30.7 Å². The molecule has 0 bridgehead atoms. The molecular weight excluding hydrogens is 388 g/mol. The second kappa shape index (κ2) is 10.5. The summed E-state index contributed by atoms with van der Waals surface area (Å²) < 4.78 is 4.95. The summed E-state index contributed by atoms with van der Waals surface area (Å²) in [6, 6.07) is 1.67. The molecular formula is C21H34N4O3S. The highest BCUT2D eigenvalue weighted by atomic mass is 32.2. The number of amides is 2.